The zero-order chi connectivity index (χ0) is 15.9. The number of amides is 2. The minimum Gasteiger partial charge on any atom is -0.493 e. The molecule has 2 rings (SSSR count). The summed E-state index contributed by atoms with van der Waals surface area (Å²) in [6.07, 6.45) is 0.389. The van der Waals surface area contributed by atoms with E-state index in [-0.39, 0.29) is 12.0 Å². The van der Waals surface area contributed by atoms with Crippen LogP contribution in [0.3, 0.4) is 0 Å². The second kappa shape index (κ2) is 7.53. The summed E-state index contributed by atoms with van der Waals surface area (Å²) in [6.45, 7) is 2.11. The van der Waals surface area contributed by atoms with Crippen LogP contribution in [-0.2, 0) is 4.74 Å². The van der Waals surface area contributed by atoms with Gasteiger partial charge in [-0.3, -0.25) is 4.79 Å². The van der Waals surface area contributed by atoms with Crippen molar-refractivity contribution in [2.24, 2.45) is 0 Å². The fraction of sp³-hybridized carbons (Fsp3) is 0.467. The van der Waals surface area contributed by atoms with Crippen LogP contribution in [0, 0.1) is 0 Å². The highest BCUT2D eigenvalue weighted by Crippen LogP contribution is 2.27. The van der Waals surface area contributed by atoms with Gasteiger partial charge in [-0.25, -0.2) is 4.79 Å². The Balaban J connectivity index is 1.80. The molecule has 0 saturated carbocycles. The molecule has 1 aromatic rings. The molecular weight excluding hydrogens is 288 g/mol. The molecule has 1 aliphatic rings. The van der Waals surface area contributed by atoms with Gasteiger partial charge in [0, 0.05) is 18.7 Å². The average molecular weight is 308 g/mol. The van der Waals surface area contributed by atoms with E-state index in [1.807, 2.05) is 0 Å². The van der Waals surface area contributed by atoms with Gasteiger partial charge in [0.05, 0.1) is 20.8 Å². The highest BCUT2D eigenvalue weighted by atomic mass is 16.6. The number of carbonyl (C=O) groups is 2. The van der Waals surface area contributed by atoms with Crippen LogP contribution in [0.4, 0.5) is 4.79 Å². The lowest BCUT2D eigenvalue weighted by molar-refractivity contribution is 0.0952. The van der Waals surface area contributed by atoms with Gasteiger partial charge in [0.15, 0.2) is 11.5 Å². The maximum Gasteiger partial charge on any atom is 0.409 e. The van der Waals surface area contributed by atoms with Gasteiger partial charge >= 0.3 is 6.09 Å². The van der Waals surface area contributed by atoms with Gasteiger partial charge in [0.25, 0.3) is 5.91 Å². The van der Waals surface area contributed by atoms with Crippen LogP contribution in [0.2, 0.25) is 0 Å². The lowest BCUT2D eigenvalue weighted by atomic mass is 10.2. The quantitative estimate of drug-likeness (QED) is 0.768. The van der Waals surface area contributed by atoms with Crippen molar-refractivity contribution in [3.05, 3.63) is 23.8 Å². The van der Waals surface area contributed by atoms with Gasteiger partial charge in [0.1, 0.15) is 6.61 Å². The smallest absolute Gasteiger partial charge is 0.409 e. The van der Waals surface area contributed by atoms with E-state index in [2.05, 4.69) is 5.32 Å². The molecule has 0 atom stereocenters. The van der Waals surface area contributed by atoms with E-state index in [0.717, 1.165) is 0 Å². The number of ether oxygens (including phenoxy) is 3. The van der Waals surface area contributed by atoms with Crippen LogP contribution in [0.25, 0.3) is 0 Å². The zero-order valence-electron chi connectivity index (χ0n) is 12.8. The fourth-order valence-electron chi connectivity index (χ4n) is 2.18. The first-order valence-corrected chi connectivity index (χ1v) is 7.07. The molecule has 0 radical (unpaired) electrons. The first-order chi connectivity index (χ1) is 10.7. The van der Waals surface area contributed by atoms with Crippen LogP contribution in [0.15, 0.2) is 18.2 Å². The molecule has 1 aromatic carbocycles. The second-order valence-electron chi connectivity index (χ2n) is 4.78. The maximum atomic E-state index is 12.1. The molecule has 0 bridgehead atoms. The van der Waals surface area contributed by atoms with Crippen molar-refractivity contribution in [2.75, 3.05) is 40.5 Å². The second-order valence-corrected chi connectivity index (χ2v) is 4.78. The molecule has 1 N–H and O–H groups in total. The van der Waals surface area contributed by atoms with Gasteiger partial charge < -0.3 is 24.4 Å². The van der Waals surface area contributed by atoms with E-state index >= 15 is 0 Å². The van der Waals surface area contributed by atoms with Gasteiger partial charge in [0.2, 0.25) is 0 Å². The number of methoxy groups -OCH3 is 2. The SMILES string of the molecule is COc1ccc(C(=O)NCCCN2CCOC2=O)cc1OC. The Morgan fingerprint density at radius 1 is 1.32 bits per heavy atom. The summed E-state index contributed by atoms with van der Waals surface area (Å²) in [5.74, 6) is 0.895. The van der Waals surface area contributed by atoms with Gasteiger partial charge in [-0.1, -0.05) is 0 Å². The Morgan fingerprint density at radius 3 is 2.73 bits per heavy atom. The van der Waals surface area contributed by atoms with Crippen molar-refractivity contribution in [1.29, 1.82) is 0 Å². The van der Waals surface area contributed by atoms with Gasteiger partial charge in [-0.05, 0) is 24.6 Å². The van der Waals surface area contributed by atoms with Crippen molar-refractivity contribution in [2.45, 2.75) is 6.42 Å². The van der Waals surface area contributed by atoms with E-state index in [1.165, 1.54) is 7.11 Å². The first-order valence-electron chi connectivity index (χ1n) is 7.07. The number of nitrogens with zero attached hydrogens (tertiary/aromatic N) is 1. The predicted molar refractivity (Wildman–Crippen MR) is 79.4 cm³/mol. The van der Waals surface area contributed by atoms with Crippen molar-refractivity contribution in [3.63, 3.8) is 0 Å². The topological polar surface area (TPSA) is 77.1 Å². The van der Waals surface area contributed by atoms with Crippen LogP contribution >= 0.6 is 0 Å². The molecule has 22 heavy (non-hydrogen) atoms. The number of hydrogen-bond acceptors (Lipinski definition) is 5. The van der Waals surface area contributed by atoms with Crippen LogP contribution in [-0.4, -0.2) is 57.4 Å². The molecule has 7 nitrogen and oxygen atoms in total. The molecule has 0 unspecified atom stereocenters. The third kappa shape index (κ3) is 3.81. The van der Waals surface area contributed by atoms with Crippen molar-refractivity contribution in [1.82, 2.24) is 10.2 Å². The van der Waals surface area contributed by atoms with E-state index in [9.17, 15) is 9.59 Å². The molecule has 7 heteroatoms. The number of carbonyl (C=O) groups excluding carboxylic acids is 2. The van der Waals surface area contributed by atoms with Crippen LogP contribution in [0.5, 0.6) is 11.5 Å². The maximum absolute atomic E-state index is 12.1. The van der Waals surface area contributed by atoms with E-state index < -0.39 is 0 Å². The lowest BCUT2D eigenvalue weighted by Gasteiger charge is -2.13. The standard InChI is InChI=1S/C15H20N2O5/c1-20-12-5-4-11(10-13(12)21-2)14(18)16-6-3-7-17-8-9-22-15(17)19/h4-5,10H,3,6-9H2,1-2H3,(H,16,18). The predicted octanol–water partition coefficient (Wildman–Crippen LogP) is 1.28. The highest BCUT2D eigenvalue weighted by Gasteiger charge is 2.20. The first kappa shape index (κ1) is 15.9. The minimum atomic E-state index is -0.286. The number of benzene rings is 1. The molecule has 2 amide bonds. The number of nitrogens with one attached hydrogen (secondary N) is 1. The molecule has 0 aromatic heterocycles. The molecule has 1 fully saturated rings. The molecule has 120 valence electrons. The highest BCUT2D eigenvalue weighted by molar-refractivity contribution is 5.94. The molecule has 0 aliphatic carbocycles. The van der Waals surface area contributed by atoms with E-state index in [1.54, 1.807) is 30.2 Å². The average Bonchev–Trinajstić information content (AvgIpc) is 2.95. The van der Waals surface area contributed by atoms with Crippen LogP contribution in [0.1, 0.15) is 16.8 Å². The van der Waals surface area contributed by atoms with Crippen molar-refractivity contribution in [3.8, 4) is 11.5 Å². The molecule has 0 spiro atoms. The number of cyclic esters (lactones) is 1. The van der Waals surface area contributed by atoms with E-state index in [0.29, 0.717) is 49.7 Å². The third-order valence-corrected chi connectivity index (χ3v) is 3.38. The Kier molecular flexibility index (Phi) is 5.46. The summed E-state index contributed by atoms with van der Waals surface area (Å²) >= 11 is 0. The minimum absolute atomic E-state index is 0.190. The summed E-state index contributed by atoms with van der Waals surface area (Å²) in [5, 5.41) is 2.81. The Labute approximate surface area is 129 Å². The number of rotatable bonds is 7. The van der Waals surface area contributed by atoms with Gasteiger partial charge in [-0.15, -0.1) is 0 Å². The van der Waals surface area contributed by atoms with E-state index in [4.69, 9.17) is 14.2 Å². The molecule has 1 aliphatic heterocycles. The molecule has 1 heterocycles. The van der Waals surface area contributed by atoms with Crippen molar-refractivity contribution >= 4 is 12.0 Å². The Hall–Kier alpha value is -2.44. The summed E-state index contributed by atoms with van der Waals surface area (Å²) in [5.41, 5.74) is 0.498. The van der Waals surface area contributed by atoms with Crippen molar-refractivity contribution < 1.29 is 23.8 Å². The largest absolute Gasteiger partial charge is 0.493 e. The number of hydrogen-bond donors (Lipinski definition) is 1. The molecular formula is C15H20N2O5. The van der Waals surface area contributed by atoms with Gasteiger partial charge in [-0.2, -0.15) is 0 Å². The monoisotopic (exact) mass is 308 g/mol. The molecule has 1 saturated heterocycles. The summed E-state index contributed by atoms with van der Waals surface area (Å²) < 4.78 is 15.1. The zero-order valence-corrected chi connectivity index (χ0v) is 12.8. The Morgan fingerprint density at radius 2 is 2.09 bits per heavy atom. The van der Waals surface area contributed by atoms with Crippen LogP contribution < -0.4 is 14.8 Å². The summed E-state index contributed by atoms with van der Waals surface area (Å²) in [6, 6.07) is 4.99. The third-order valence-electron chi connectivity index (χ3n) is 3.38. The summed E-state index contributed by atoms with van der Waals surface area (Å²) in [4.78, 5) is 24.9. The Bertz CT molecular complexity index is 547. The fourth-order valence-corrected chi connectivity index (χ4v) is 2.18. The lowest BCUT2D eigenvalue weighted by Crippen LogP contribution is -2.30. The summed E-state index contributed by atoms with van der Waals surface area (Å²) in [7, 11) is 3.07. The normalized spacial score (nSPS) is 13.7.